The number of aromatic nitrogens is 5. The van der Waals surface area contributed by atoms with Gasteiger partial charge < -0.3 is 5.73 Å². The van der Waals surface area contributed by atoms with E-state index in [9.17, 15) is 8.42 Å². The molecule has 9 nitrogen and oxygen atoms in total. The molecule has 0 spiro atoms. The Balaban J connectivity index is 1.47. The van der Waals surface area contributed by atoms with Crippen LogP contribution in [0.1, 0.15) is 28.5 Å². The van der Waals surface area contributed by atoms with Gasteiger partial charge in [0.05, 0.1) is 16.3 Å². The fourth-order valence-corrected chi connectivity index (χ4v) is 4.73. The number of pyridine rings is 1. The number of hydrogen-bond acceptors (Lipinski definition) is 8. The number of rotatable bonds is 9. The van der Waals surface area contributed by atoms with Gasteiger partial charge in [-0.3, -0.25) is 0 Å². The first kappa shape index (κ1) is 24.5. The Hall–Kier alpha value is -3.60. The average molecular weight is 490 g/mol. The predicted octanol–water partition coefficient (Wildman–Crippen LogP) is 2.40. The van der Waals surface area contributed by atoms with E-state index in [1.807, 2.05) is 37.3 Å². The standard InChI is InChI=1S/C25H27N7O2S/c1-18-4-3-5-23(29-18)25-28-14-11-21(31-25)17-20-10-13-27-24(30-20)16-19-6-8-22(9-7-19)35(33,34)32(2)15-12-26/h3-11,13-14H,12,15-17,26H2,1-2H3. The highest BCUT2D eigenvalue weighted by Gasteiger charge is 2.19. The highest BCUT2D eigenvalue weighted by atomic mass is 32.2. The molecule has 35 heavy (non-hydrogen) atoms. The number of nitrogens with zero attached hydrogens (tertiary/aromatic N) is 6. The van der Waals surface area contributed by atoms with Gasteiger partial charge in [0.2, 0.25) is 10.0 Å². The first-order valence-corrected chi connectivity index (χ1v) is 12.6. The van der Waals surface area contributed by atoms with Crippen LogP contribution in [0.15, 0.2) is 71.9 Å². The molecule has 10 heteroatoms. The zero-order chi connectivity index (χ0) is 24.8. The molecule has 0 fully saturated rings. The second-order valence-corrected chi connectivity index (χ2v) is 10.2. The molecule has 3 aromatic heterocycles. The zero-order valence-corrected chi connectivity index (χ0v) is 20.5. The summed E-state index contributed by atoms with van der Waals surface area (Å²) in [5.41, 5.74) is 9.70. The van der Waals surface area contributed by atoms with Crippen molar-refractivity contribution in [3.63, 3.8) is 0 Å². The summed E-state index contributed by atoms with van der Waals surface area (Å²) < 4.78 is 26.4. The van der Waals surface area contributed by atoms with Crippen molar-refractivity contribution in [2.24, 2.45) is 5.73 Å². The highest BCUT2D eigenvalue weighted by molar-refractivity contribution is 7.89. The maximum absolute atomic E-state index is 12.6. The molecule has 4 rings (SSSR count). The molecule has 0 aliphatic heterocycles. The number of nitrogens with two attached hydrogens (primary N) is 1. The van der Waals surface area contributed by atoms with E-state index in [1.54, 1.807) is 36.7 Å². The molecule has 180 valence electrons. The van der Waals surface area contributed by atoms with Crippen LogP contribution in [-0.2, 0) is 22.9 Å². The summed E-state index contributed by atoms with van der Waals surface area (Å²) in [7, 11) is -2.03. The van der Waals surface area contributed by atoms with Crippen LogP contribution in [-0.4, -0.2) is 57.8 Å². The van der Waals surface area contributed by atoms with Gasteiger partial charge in [0.1, 0.15) is 11.5 Å². The number of aryl methyl sites for hydroxylation is 1. The van der Waals surface area contributed by atoms with Crippen LogP contribution < -0.4 is 5.73 Å². The van der Waals surface area contributed by atoms with Gasteiger partial charge in [-0.25, -0.2) is 33.3 Å². The fraction of sp³-hybridized carbons (Fsp3) is 0.240. The normalized spacial score (nSPS) is 11.7. The molecule has 0 bridgehead atoms. The van der Waals surface area contributed by atoms with Gasteiger partial charge in [-0.2, -0.15) is 4.31 Å². The third kappa shape index (κ3) is 6.10. The number of sulfonamides is 1. The van der Waals surface area contributed by atoms with Gasteiger partial charge in [-0.05, 0) is 48.9 Å². The Morgan fingerprint density at radius 1 is 0.857 bits per heavy atom. The van der Waals surface area contributed by atoms with Gasteiger partial charge in [0, 0.05) is 51.1 Å². The van der Waals surface area contributed by atoms with E-state index in [1.165, 1.54) is 11.4 Å². The summed E-state index contributed by atoms with van der Waals surface area (Å²) in [5.74, 6) is 1.22. The van der Waals surface area contributed by atoms with Crippen molar-refractivity contribution >= 4 is 10.0 Å². The van der Waals surface area contributed by atoms with Crippen molar-refractivity contribution in [2.45, 2.75) is 24.7 Å². The number of hydrogen-bond donors (Lipinski definition) is 1. The lowest BCUT2D eigenvalue weighted by Gasteiger charge is -2.16. The molecule has 4 aromatic rings. The summed E-state index contributed by atoms with van der Waals surface area (Å²) in [6.07, 6.45) is 4.46. The summed E-state index contributed by atoms with van der Waals surface area (Å²) in [6, 6.07) is 16.2. The summed E-state index contributed by atoms with van der Waals surface area (Å²) in [6.45, 7) is 2.46. The Labute approximate surface area is 205 Å². The van der Waals surface area contributed by atoms with Crippen molar-refractivity contribution < 1.29 is 8.42 Å². The quantitative estimate of drug-likeness (QED) is 0.380. The Morgan fingerprint density at radius 3 is 2.29 bits per heavy atom. The van der Waals surface area contributed by atoms with E-state index in [4.69, 9.17) is 5.73 Å². The summed E-state index contributed by atoms with van der Waals surface area (Å²) >= 11 is 0. The van der Waals surface area contributed by atoms with Gasteiger partial charge in [-0.15, -0.1) is 0 Å². The van der Waals surface area contributed by atoms with Crippen LogP contribution in [0.25, 0.3) is 11.5 Å². The maximum atomic E-state index is 12.6. The molecule has 1 aromatic carbocycles. The molecule has 3 heterocycles. The van der Waals surface area contributed by atoms with Crippen molar-refractivity contribution in [1.82, 2.24) is 29.2 Å². The van der Waals surface area contributed by atoms with Crippen LogP contribution in [0.5, 0.6) is 0 Å². The molecular formula is C25H27N7O2S. The number of benzene rings is 1. The molecule has 0 amide bonds. The zero-order valence-electron chi connectivity index (χ0n) is 19.7. The topological polar surface area (TPSA) is 128 Å². The first-order chi connectivity index (χ1) is 16.8. The van der Waals surface area contributed by atoms with Crippen molar-refractivity contribution in [1.29, 1.82) is 0 Å². The lowest BCUT2D eigenvalue weighted by Crippen LogP contribution is -2.31. The third-order valence-corrected chi connectivity index (χ3v) is 7.26. The van der Waals surface area contributed by atoms with Crippen molar-refractivity contribution in [3.05, 3.63) is 95.5 Å². The van der Waals surface area contributed by atoms with Gasteiger partial charge in [-0.1, -0.05) is 18.2 Å². The molecule has 2 N–H and O–H groups in total. The lowest BCUT2D eigenvalue weighted by molar-refractivity contribution is 0.476. The number of likely N-dealkylation sites (N-methyl/N-ethyl adjacent to an activating group) is 1. The largest absolute Gasteiger partial charge is 0.329 e. The molecule has 0 radical (unpaired) electrons. The van der Waals surface area contributed by atoms with E-state index in [2.05, 4.69) is 24.9 Å². The minimum atomic E-state index is -3.55. The van der Waals surface area contributed by atoms with Gasteiger partial charge in [0.15, 0.2) is 5.82 Å². The summed E-state index contributed by atoms with van der Waals surface area (Å²) in [5, 5.41) is 0. The second kappa shape index (κ2) is 10.8. The van der Waals surface area contributed by atoms with Crippen LogP contribution in [0.4, 0.5) is 0 Å². The molecule has 0 atom stereocenters. The Bertz CT molecular complexity index is 1410. The molecule has 0 saturated carbocycles. The second-order valence-electron chi connectivity index (χ2n) is 8.11. The Kier molecular flexibility index (Phi) is 7.54. The van der Waals surface area contributed by atoms with Crippen LogP contribution in [0, 0.1) is 6.92 Å². The monoisotopic (exact) mass is 489 g/mol. The predicted molar refractivity (Wildman–Crippen MR) is 133 cm³/mol. The van der Waals surface area contributed by atoms with Gasteiger partial charge in [0.25, 0.3) is 0 Å². The lowest BCUT2D eigenvalue weighted by atomic mass is 10.1. The molecular weight excluding hydrogens is 462 g/mol. The molecule has 0 aliphatic carbocycles. The van der Waals surface area contributed by atoms with E-state index in [-0.39, 0.29) is 18.0 Å². The average Bonchev–Trinajstić information content (AvgIpc) is 2.85. The van der Waals surface area contributed by atoms with E-state index < -0.39 is 10.0 Å². The molecule has 0 aliphatic rings. The summed E-state index contributed by atoms with van der Waals surface area (Å²) in [4.78, 5) is 22.8. The van der Waals surface area contributed by atoms with Gasteiger partial charge >= 0.3 is 0 Å². The van der Waals surface area contributed by atoms with E-state index >= 15 is 0 Å². The maximum Gasteiger partial charge on any atom is 0.242 e. The van der Waals surface area contributed by atoms with Crippen LogP contribution in [0.2, 0.25) is 0 Å². The third-order valence-electron chi connectivity index (χ3n) is 5.39. The minimum Gasteiger partial charge on any atom is -0.329 e. The first-order valence-electron chi connectivity index (χ1n) is 11.2. The minimum absolute atomic E-state index is 0.231. The van der Waals surface area contributed by atoms with Crippen LogP contribution in [0.3, 0.4) is 0 Å². The van der Waals surface area contributed by atoms with E-state index in [0.717, 1.165) is 28.3 Å². The molecule has 0 unspecified atom stereocenters. The smallest absolute Gasteiger partial charge is 0.242 e. The highest BCUT2D eigenvalue weighted by Crippen LogP contribution is 2.17. The van der Waals surface area contributed by atoms with Crippen LogP contribution >= 0.6 is 0 Å². The fourth-order valence-electron chi connectivity index (χ4n) is 3.54. The molecule has 0 saturated heterocycles. The van der Waals surface area contributed by atoms with Crippen molar-refractivity contribution in [2.75, 3.05) is 20.1 Å². The Morgan fingerprint density at radius 2 is 1.57 bits per heavy atom. The van der Waals surface area contributed by atoms with Crippen molar-refractivity contribution in [3.8, 4) is 11.5 Å². The van der Waals surface area contributed by atoms with E-state index in [0.29, 0.717) is 24.5 Å². The SMILES string of the molecule is Cc1cccc(-c2nccc(Cc3ccnc(Cc4ccc(S(=O)(=O)N(C)CCN)cc4)n3)n2)n1.